The molecule has 0 aliphatic heterocycles. The fraction of sp³-hybridized carbons (Fsp3) is 0.0833. The van der Waals surface area contributed by atoms with Crippen LogP contribution in [-0.2, 0) is 22.7 Å². The number of ether oxygens (including phenoxy) is 2. The second-order valence-corrected chi connectivity index (χ2v) is 7.58. The zero-order valence-electron chi connectivity index (χ0n) is 18.7. The van der Waals surface area contributed by atoms with Crippen molar-refractivity contribution in [1.29, 1.82) is 0 Å². The minimum absolute atomic E-state index is 0.0592. The molecular formula is C24H18N8O4. The van der Waals surface area contributed by atoms with Crippen LogP contribution in [0, 0.1) is 0 Å². The highest BCUT2D eigenvalue weighted by Gasteiger charge is 2.12. The maximum absolute atomic E-state index is 12.5. The zero-order valence-corrected chi connectivity index (χ0v) is 18.7. The van der Waals surface area contributed by atoms with Gasteiger partial charge in [0.1, 0.15) is 25.9 Å². The lowest BCUT2D eigenvalue weighted by molar-refractivity contribution is 0.0471. The van der Waals surface area contributed by atoms with Gasteiger partial charge >= 0.3 is 11.9 Å². The molecule has 0 spiro atoms. The lowest BCUT2D eigenvalue weighted by atomic mass is 10.1. The van der Waals surface area contributed by atoms with E-state index in [4.69, 9.17) is 9.47 Å². The summed E-state index contributed by atoms with van der Waals surface area (Å²) in [5.74, 6) is -0.964. The molecule has 0 radical (unpaired) electrons. The number of carbonyl (C=O) groups excluding carboxylic acids is 2. The Morgan fingerprint density at radius 1 is 0.639 bits per heavy atom. The molecule has 0 aliphatic carbocycles. The van der Waals surface area contributed by atoms with E-state index in [1.807, 2.05) is 24.3 Å². The van der Waals surface area contributed by atoms with Crippen LogP contribution in [0.25, 0.3) is 11.4 Å². The first-order chi connectivity index (χ1) is 17.7. The average molecular weight is 482 g/mol. The van der Waals surface area contributed by atoms with Crippen molar-refractivity contribution in [2.24, 2.45) is 0 Å². The van der Waals surface area contributed by atoms with Gasteiger partial charge in [0.15, 0.2) is 0 Å². The molecule has 12 heteroatoms. The summed E-state index contributed by atoms with van der Waals surface area (Å²) in [5, 5.41) is 22.0. The van der Waals surface area contributed by atoms with Crippen molar-refractivity contribution < 1.29 is 19.1 Å². The highest BCUT2D eigenvalue weighted by molar-refractivity contribution is 5.90. The molecule has 12 nitrogen and oxygen atoms in total. The molecule has 2 aromatic heterocycles. The highest BCUT2D eigenvalue weighted by Crippen LogP contribution is 2.14. The number of benzene rings is 3. The molecule has 0 fully saturated rings. The van der Waals surface area contributed by atoms with E-state index in [-0.39, 0.29) is 13.2 Å². The number of rotatable bonds is 8. The summed E-state index contributed by atoms with van der Waals surface area (Å²) in [4.78, 5) is 25.1. The summed E-state index contributed by atoms with van der Waals surface area (Å²) in [6.07, 6.45) is 2.88. The van der Waals surface area contributed by atoms with E-state index in [9.17, 15) is 9.59 Å². The molecule has 0 bridgehead atoms. The largest absolute Gasteiger partial charge is 0.457 e. The number of nitrogens with zero attached hydrogens (tertiary/aromatic N) is 8. The van der Waals surface area contributed by atoms with Crippen molar-refractivity contribution in [2.45, 2.75) is 13.2 Å². The molecule has 36 heavy (non-hydrogen) atoms. The minimum Gasteiger partial charge on any atom is -0.457 e. The van der Waals surface area contributed by atoms with Gasteiger partial charge in [-0.3, -0.25) is 0 Å². The number of hydrogen-bond donors (Lipinski definition) is 0. The predicted molar refractivity (Wildman–Crippen MR) is 123 cm³/mol. The molecular weight excluding hydrogens is 464 g/mol. The summed E-state index contributed by atoms with van der Waals surface area (Å²) in [5.41, 5.74) is 3.54. The second kappa shape index (κ2) is 10.3. The molecule has 0 amide bonds. The molecule has 0 unspecified atom stereocenters. The second-order valence-electron chi connectivity index (χ2n) is 7.58. The van der Waals surface area contributed by atoms with Gasteiger partial charge in [-0.2, -0.15) is 0 Å². The van der Waals surface area contributed by atoms with E-state index in [2.05, 4.69) is 31.1 Å². The fourth-order valence-corrected chi connectivity index (χ4v) is 3.38. The topological polar surface area (TPSA) is 140 Å². The lowest BCUT2D eigenvalue weighted by Crippen LogP contribution is -2.08. The standard InChI is InChI=1S/C24H18N8O4/c33-23(19-6-2-8-21(11-19)31-15-25-27-29-31)35-13-17-4-1-5-18(10-17)14-36-24(34)20-7-3-9-22(12-20)32-16-26-28-30-32/h1-12,15-16H,13-14H2. The van der Waals surface area contributed by atoms with Crippen LogP contribution in [0.2, 0.25) is 0 Å². The quantitative estimate of drug-likeness (QED) is 0.303. The number of carbonyl (C=O) groups is 2. The van der Waals surface area contributed by atoms with Crippen molar-refractivity contribution in [3.63, 3.8) is 0 Å². The minimum atomic E-state index is -0.482. The Hall–Kier alpha value is -5.26. The van der Waals surface area contributed by atoms with Crippen LogP contribution in [-0.4, -0.2) is 52.4 Å². The highest BCUT2D eigenvalue weighted by atomic mass is 16.5. The predicted octanol–water partition coefficient (Wildman–Crippen LogP) is 2.35. The van der Waals surface area contributed by atoms with Gasteiger partial charge in [-0.15, -0.1) is 10.2 Å². The molecule has 0 saturated carbocycles. The maximum atomic E-state index is 12.5. The van der Waals surface area contributed by atoms with Gasteiger partial charge in [0.05, 0.1) is 22.5 Å². The van der Waals surface area contributed by atoms with Crippen LogP contribution in [0.3, 0.4) is 0 Å². The molecule has 2 heterocycles. The Bertz CT molecular complexity index is 1380. The molecule has 0 atom stereocenters. The molecule has 5 aromatic rings. The molecule has 5 rings (SSSR count). The van der Waals surface area contributed by atoms with Crippen LogP contribution >= 0.6 is 0 Å². The van der Waals surface area contributed by atoms with E-state index in [0.29, 0.717) is 22.5 Å². The molecule has 0 N–H and O–H groups in total. The smallest absolute Gasteiger partial charge is 0.338 e. The first-order valence-electron chi connectivity index (χ1n) is 10.7. The van der Waals surface area contributed by atoms with Gasteiger partial charge in [0.25, 0.3) is 0 Å². The molecule has 0 aliphatic rings. The van der Waals surface area contributed by atoms with Crippen molar-refractivity contribution in [2.75, 3.05) is 0 Å². The zero-order chi connectivity index (χ0) is 24.7. The Balaban J connectivity index is 1.18. The van der Waals surface area contributed by atoms with Gasteiger partial charge in [0.2, 0.25) is 0 Å². The summed E-state index contributed by atoms with van der Waals surface area (Å²) in [6.45, 7) is 0.118. The molecule has 178 valence electrons. The lowest BCUT2D eigenvalue weighted by Gasteiger charge is -2.09. The van der Waals surface area contributed by atoms with Crippen LogP contribution in [0.4, 0.5) is 0 Å². The van der Waals surface area contributed by atoms with Gasteiger partial charge in [-0.25, -0.2) is 19.0 Å². The van der Waals surface area contributed by atoms with Gasteiger partial charge in [0, 0.05) is 0 Å². The number of tetrazole rings is 2. The monoisotopic (exact) mass is 482 g/mol. The third-order valence-electron chi connectivity index (χ3n) is 5.12. The number of aromatic nitrogens is 8. The van der Waals surface area contributed by atoms with Crippen LogP contribution < -0.4 is 0 Å². The normalized spacial score (nSPS) is 10.7. The first kappa shape index (κ1) is 22.5. The third-order valence-corrected chi connectivity index (χ3v) is 5.12. The van der Waals surface area contributed by atoms with Crippen molar-refractivity contribution in [1.82, 2.24) is 40.4 Å². The van der Waals surface area contributed by atoms with Crippen molar-refractivity contribution >= 4 is 11.9 Å². The van der Waals surface area contributed by atoms with Gasteiger partial charge in [-0.05, 0) is 74.4 Å². The van der Waals surface area contributed by atoms with Crippen LogP contribution in [0.15, 0.2) is 85.5 Å². The third kappa shape index (κ3) is 5.28. The Morgan fingerprint density at radius 3 is 1.56 bits per heavy atom. The Morgan fingerprint density at radius 2 is 1.11 bits per heavy atom. The number of esters is 2. The summed E-state index contributed by atoms with van der Waals surface area (Å²) < 4.78 is 13.8. The maximum Gasteiger partial charge on any atom is 0.338 e. The van der Waals surface area contributed by atoms with Crippen LogP contribution in [0.5, 0.6) is 0 Å². The Labute approximate surface area is 204 Å². The SMILES string of the molecule is O=C(OCc1cccc(COC(=O)c2cccc(-n3cnnn3)c2)c1)c1cccc(-n2cnnn2)c1. The van der Waals surface area contributed by atoms with Gasteiger partial charge in [-0.1, -0.05) is 30.3 Å². The summed E-state index contributed by atoms with van der Waals surface area (Å²) in [7, 11) is 0. The number of hydrogen-bond acceptors (Lipinski definition) is 10. The summed E-state index contributed by atoms with van der Waals surface area (Å²) >= 11 is 0. The van der Waals surface area contributed by atoms with E-state index in [1.54, 1.807) is 48.5 Å². The summed E-state index contributed by atoms with van der Waals surface area (Å²) in [6, 6.07) is 20.9. The van der Waals surface area contributed by atoms with Gasteiger partial charge < -0.3 is 9.47 Å². The van der Waals surface area contributed by atoms with Crippen molar-refractivity contribution in [3.05, 3.63) is 108 Å². The van der Waals surface area contributed by atoms with E-state index >= 15 is 0 Å². The van der Waals surface area contributed by atoms with E-state index in [1.165, 1.54) is 22.0 Å². The Kier molecular flexibility index (Phi) is 6.47. The van der Waals surface area contributed by atoms with Crippen molar-refractivity contribution in [3.8, 4) is 11.4 Å². The molecule has 3 aromatic carbocycles. The molecule has 0 saturated heterocycles. The average Bonchev–Trinajstić information content (AvgIpc) is 3.66. The van der Waals surface area contributed by atoms with E-state index < -0.39 is 11.9 Å². The van der Waals surface area contributed by atoms with Crippen LogP contribution in [0.1, 0.15) is 31.8 Å². The fourth-order valence-electron chi connectivity index (χ4n) is 3.38. The first-order valence-corrected chi connectivity index (χ1v) is 10.7. The van der Waals surface area contributed by atoms with E-state index in [0.717, 1.165) is 11.1 Å².